The Kier molecular flexibility index (Phi) is 6.94. The van der Waals surface area contributed by atoms with Crippen molar-refractivity contribution in [3.63, 3.8) is 0 Å². The first-order valence-electron chi connectivity index (χ1n) is 4.20. The Morgan fingerprint density at radius 3 is 2.54 bits per heavy atom. The minimum Gasteiger partial charge on any atom is -0.464 e. The smallest absolute Gasteiger partial charge is 0.334 e. The molecular formula is C8H15ClO4. The molecule has 13 heavy (non-hydrogen) atoms. The van der Waals surface area contributed by atoms with Gasteiger partial charge in [0.25, 0.3) is 0 Å². The molecule has 0 aromatic carbocycles. The maximum Gasteiger partial charge on any atom is 0.334 e. The molecule has 0 saturated carbocycles. The minimum absolute atomic E-state index is 0.107. The fraction of sp³-hybridized carbons (Fsp3) is 0.875. The van der Waals surface area contributed by atoms with Gasteiger partial charge in [0.15, 0.2) is 6.10 Å². The quantitative estimate of drug-likeness (QED) is 0.489. The van der Waals surface area contributed by atoms with E-state index in [2.05, 4.69) is 4.74 Å². The highest BCUT2D eigenvalue weighted by Crippen LogP contribution is 2.04. The van der Waals surface area contributed by atoms with E-state index in [9.17, 15) is 4.79 Å². The Labute approximate surface area is 82.5 Å². The zero-order valence-electron chi connectivity index (χ0n) is 7.57. The van der Waals surface area contributed by atoms with Gasteiger partial charge in [-0.15, -0.1) is 11.6 Å². The first-order chi connectivity index (χ1) is 6.11. The number of rotatable bonds is 6. The van der Waals surface area contributed by atoms with Crippen LogP contribution < -0.4 is 0 Å². The number of aliphatic hydroxyl groups excluding tert-OH is 2. The monoisotopic (exact) mass is 210 g/mol. The van der Waals surface area contributed by atoms with E-state index in [1.165, 1.54) is 0 Å². The first-order valence-corrected chi connectivity index (χ1v) is 4.74. The van der Waals surface area contributed by atoms with E-state index in [-0.39, 0.29) is 18.9 Å². The zero-order chi connectivity index (χ0) is 10.3. The lowest BCUT2D eigenvalue weighted by Gasteiger charge is -2.11. The topological polar surface area (TPSA) is 66.8 Å². The normalized spacial score (nSPS) is 15.1. The summed E-state index contributed by atoms with van der Waals surface area (Å²) in [5.41, 5.74) is 0. The van der Waals surface area contributed by atoms with Crippen LogP contribution in [0.2, 0.25) is 0 Å². The predicted octanol–water partition coefficient (Wildman–Crippen LogP) is 0.290. The molecule has 0 aliphatic carbocycles. The van der Waals surface area contributed by atoms with Crippen molar-refractivity contribution in [2.45, 2.75) is 32.0 Å². The summed E-state index contributed by atoms with van der Waals surface area (Å²) in [5.74, 6) is -0.542. The Balaban J connectivity index is 3.60. The van der Waals surface area contributed by atoms with Crippen molar-refractivity contribution in [1.29, 1.82) is 0 Å². The molecule has 0 fully saturated rings. The molecule has 5 heteroatoms. The van der Waals surface area contributed by atoms with E-state index in [1.54, 1.807) is 6.92 Å². The lowest BCUT2D eigenvalue weighted by atomic mass is 10.1. The second-order valence-corrected chi connectivity index (χ2v) is 2.96. The van der Waals surface area contributed by atoms with Crippen molar-refractivity contribution < 1.29 is 19.7 Å². The number of carbonyl (C=O) groups is 1. The number of ether oxygens (including phenoxy) is 1. The molecule has 78 valence electrons. The SMILES string of the molecule is CCOC(=O)C(O)CCC(O)CCl. The largest absolute Gasteiger partial charge is 0.464 e. The minimum atomic E-state index is -1.15. The van der Waals surface area contributed by atoms with Crippen molar-refractivity contribution >= 4 is 17.6 Å². The number of esters is 1. The van der Waals surface area contributed by atoms with Gasteiger partial charge in [-0.1, -0.05) is 0 Å². The average Bonchev–Trinajstić information content (AvgIpc) is 2.13. The third kappa shape index (κ3) is 5.85. The van der Waals surface area contributed by atoms with Crippen LogP contribution in [-0.4, -0.2) is 40.9 Å². The summed E-state index contributed by atoms with van der Waals surface area (Å²) < 4.78 is 4.57. The van der Waals surface area contributed by atoms with E-state index >= 15 is 0 Å². The standard InChI is InChI=1S/C8H15ClO4/c1-2-13-8(12)7(11)4-3-6(10)5-9/h6-7,10-11H,2-5H2,1H3. The summed E-state index contributed by atoms with van der Waals surface area (Å²) in [6.45, 7) is 1.91. The summed E-state index contributed by atoms with van der Waals surface area (Å²) in [5, 5.41) is 18.2. The van der Waals surface area contributed by atoms with E-state index in [1.807, 2.05) is 0 Å². The molecule has 2 atom stereocenters. The van der Waals surface area contributed by atoms with Crippen LogP contribution in [-0.2, 0) is 9.53 Å². The molecule has 0 spiro atoms. The Hall–Kier alpha value is -0.320. The van der Waals surface area contributed by atoms with Gasteiger partial charge in [-0.25, -0.2) is 4.79 Å². The highest BCUT2D eigenvalue weighted by Gasteiger charge is 2.17. The van der Waals surface area contributed by atoms with Crippen molar-refractivity contribution in [2.24, 2.45) is 0 Å². The molecule has 0 rings (SSSR count). The highest BCUT2D eigenvalue weighted by atomic mass is 35.5. The predicted molar refractivity (Wildman–Crippen MR) is 48.6 cm³/mol. The fourth-order valence-electron chi connectivity index (χ4n) is 0.784. The van der Waals surface area contributed by atoms with E-state index in [4.69, 9.17) is 21.8 Å². The highest BCUT2D eigenvalue weighted by molar-refractivity contribution is 6.18. The van der Waals surface area contributed by atoms with Crippen molar-refractivity contribution in [3.05, 3.63) is 0 Å². The maximum absolute atomic E-state index is 10.9. The molecule has 0 saturated heterocycles. The molecule has 4 nitrogen and oxygen atoms in total. The van der Waals surface area contributed by atoms with Gasteiger partial charge in [0, 0.05) is 5.88 Å². The summed E-state index contributed by atoms with van der Waals surface area (Å²) >= 11 is 5.33. The first kappa shape index (κ1) is 12.7. The lowest BCUT2D eigenvalue weighted by Crippen LogP contribution is -2.24. The van der Waals surface area contributed by atoms with Crippen LogP contribution in [0.3, 0.4) is 0 Å². The van der Waals surface area contributed by atoms with Crippen molar-refractivity contribution in [2.75, 3.05) is 12.5 Å². The van der Waals surface area contributed by atoms with Crippen LogP contribution >= 0.6 is 11.6 Å². The van der Waals surface area contributed by atoms with Gasteiger partial charge in [0.05, 0.1) is 12.7 Å². The van der Waals surface area contributed by atoms with E-state index in [0.717, 1.165) is 0 Å². The number of hydrogen-bond donors (Lipinski definition) is 2. The van der Waals surface area contributed by atoms with Crippen LogP contribution in [0.1, 0.15) is 19.8 Å². The molecule has 0 aromatic heterocycles. The van der Waals surface area contributed by atoms with Crippen LogP contribution in [0.4, 0.5) is 0 Å². The van der Waals surface area contributed by atoms with E-state index < -0.39 is 18.2 Å². The van der Waals surface area contributed by atoms with Gasteiger partial charge in [-0.05, 0) is 19.8 Å². The molecule has 2 N–H and O–H groups in total. The molecule has 0 aliphatic heterocycles. The lowest BCUT2D eigenvalue weighted by molar-refractivity contribution is -0.153. The van der Waals surface area contributed by atoms with Crippen LogP contribution in [0.25, 0.3) is 0 Å². The molecular weight excluding hydrogens is 196 g/mol. The van der Waals surface area contributed by atoms with Crippen LogP contribution in [0.5, 0.6) is 0 Å². The number of halogens is 1. The summed E-state index contributed by atoms with van der Waals surface area (Å²) in [6.07, 6.45) is -1.36. The van der Waals surface area contributed by atoms with Crippen LogP contribution in [0, 0.1) is 0 Å². The third-order valence-electron chi connectivity index (χ3n) is 1.51. The van der Waals surface area contributed by atoms with E-state index in [0.29, 0.717) is 6.42 Å². The van der Waals surface area contributed by atoms with Gasteiger partial charge >= 0.3 is 5.97 Å². The fourth-order valence-corrected chi connectivity index (χ4v) is 0.938. The number of carbonyl (C=O) groups excluding carboxylic acids is 1. The van der Waals surface area contributed by atoms with Crippen molar-refractivity contribution in [3.8, 4) is 0 Å². The molecule has 0 radical (unpaired) electrons. The Bertz CT molecular complexity index is 151. The average molecular weight is 211 g/mol. The number of aliphatic hydroxyl groups is 2. The van der Waals surface area contributed by atoms with Gasteiger partial charge in [0.1, 0.15) is 0 Å². The van der Waals surface area contributed by atoms with Gasteiger partial charge in [-0.2, -0.15) is 0 Å². The zero-order valence-corrected chi connectivity index (χ0v) is 8.33. The summed E-state index contributed by atoms with van der Waals surface area (Å²) in [6, 6.07) is 0. The molecule has 0 amide bonds. The maximum atomic E-state index is 10.9. The summed E-state index contributed by atoms with van der Waals surface area (Å²) in [4.78, 5) is 10.9. The second kappa shape index (κ2) is 7.12. The molecule has 0 aromatic rings. The third-order valence-corrected chi connectivity index (χ3v) is 1.87. The molecule has 2 unspecified atom stereocenters. The van der Waals surface area contributed by atoms with Gasteiger partial charge in [-0.3, -0.25) is 0 Å². The number of hydrogen-bond acceptors (Lipinski definition) is 4. The Morgan fingerprint density at radius 1 is 1.46 bits per heavy atom. The number of alkyl halides is 1. The molecule has 0 bridgehead atoms. The Morgan fingerprint density at radius 2 is 2.08 bits per heavy atom. The van der Waals surface area contributed by atoms with Gasteiger partial charge < -0.3 is 14.9 Å². The molecule has 0 heterocycles. The van der Waals surface area contributed by atoms with Crippen LogP contribution in [0.15, 0.2) is 0 Å². The second-order valence-electron chi connectivity index (χ2n) is 2.65. The van der Waals surface area contributed by atoms with Crippen molar-refractivity contribution in [1.82, 2.24) is 0 Å². The molecule has 0 aliphatic rings. The van der Waals surface area contributed by atoms with Gasteiger partial charge in [0.2, 0.25) is 0 Å². The summed E-state index contributed by atoms with van der Waals surface area (Å²) in [7, 11) is 0.